The van der Waals surface area contributed by atoms with Crippen molar-refractivity contribution in [1.82, 2.24) is 4.98 Å². The number of benzene rings is 1. The molecule has 0 fully saturated rings. The number of rotatable bonds is 2. The molecule has 4 heteroatoms. The van der Waals surface area contributed by atoms with Crippen molar-refractivity contribution in [2.45, 2.75) is 13.8 Å². The van der Waals surface area contributed by atoms with E-state index in [1.165, 1.54) is 0 Å². The van der Waals surface area contributed by atoms with E-state index in [4.69, 9.17) is 11.5 Å². The molecule has 1 heterocycles. The second kappa shape index (κ2) is 4.49. The molecule has 0 bridgehead atoms. The molecule has 1 aromatic heterocycles. The van der Waals surface area contributed by atoms with Crippen LogP contribution in [0.3, 0.4) is 0 Å². The molecule has 0 radical (unpaired) electrons. The molecule has 4 nitrogen and oxygen atoms in total. The number of nitrogen functional groups attached to an aromatic ring is 2. The van der Waals surface area contributed by atoms with E-state index in [-0.39, 0.29) is 11.6 Å². The quantitative estimate of drug-likeness (QED) is 0.623. The number of aromatic nitrogens is 1. The van der Waals surface area contributed by atoms with Gasteiger partial charge in [-0.1, -0.05) is 0 Å². The van der Waals surface area contributed by atoms with Crippen LogP contribution in [0.25, 0.3) is 0 Å². The van der Waals surface area contributed by atoms with Crippen molar-refractivity contribution < 1.29 is 4.79 Å². The van der Waals surface area contributed by atoms with Gasteiger partial charge in [-0.15, -0.1) is 0 Å². The molecule has 0 amide bonds. The normalized spacial score (nSPS) is 10.3. The summed E-state index contributed by atoms with van der Waals surface area (Å²) in [6.07, 6.45) is 1.59. The number of hydrogen-bond acceptors (Lipinski definition) is 4. The minimum absolute atomic E-state index is 0.124. The van der Waals surface area contributed by atoms with Crippen LogP contribution >= 0.6 is 0 Å². The zero-order valence-electron chi connectivity index (χ0n) is 10.4. The Labute approximate surface area is 106 Å². The average Bonchev–Trinajstić information content (AvgIpc) is 2.32. The van der Waals surface area contributed by atoms with Crippen molar-refractivity contribution in [3.05, 3.63) is 52.7 Å². The number of ketones is 1. The van der Waals surface area contributed by atoms with Gasteiger partial charge in [0.1, 0.15) is 5.82 Å². The molecule has 4 N–H and O–H groups in total. The molecule has 0 atom stereocenters. The monoisotopic (exact) mass is 241 g/mol. The SMILES string of the molecule is Cc1cc(C(=O)c2c(C)ccnc2N)ccc1N. The van der Waals surface area contributed by atoms with Crippen LogP contribution in [0.4, 0.5) is 11.5 Å². The summed E-state index contributed by atoms with van der Waals surface area (Å²) < 4.78 is 0. The summed E-state index contributed by atoms with van der Waals surface area (Å²) in [5.74, 6) is 0.135. The standard InChI is InChI=1S/C14H15N3O/c1-8-5-6-17-14(16)12(8)13(18)10-3-4-11(15)9(2)7-10/h3-7H,15H2,1-2H3,(H2,16,17). The highest BCUT2D eigenvalue weighted by atomic mass is 16.1. The van der Waals surface area contributed by atoms with Gasteiger partial charge in [0.05, 0.1) is 5.56 Å². The molecule has 0 unspecified atom stereocenters. The van der Waals surface area contributed by atoms with E-state index >= 15 is 0 Å². The zero-order chi connectivity index (χ0) is 13.3. The van der Waals surface area contributed by atoms with Gasteiger partial charge in [-0.05, 0) is 49.2 Å². The molecule has 0 saturated heterocycles. The highest BCUT2D eigenvalue weighted by molar-refractivity contribution is 6.12. The first-order valence-electron chi connectivity index (χ1n) is 5.62. The van der Waals surface area contributed by atoms with Crippen molar-refractivity contribution in [3.63, 3.8) is 0 Å². The van der Waals surface area contributed by atoms with Gasteiger partial charge in [0.2, 0.25) is 0 Å². The number of anilines is 2. The third kappa shape index (κ3) is 2.05. The van der Waals surface area contributed by atoms with E-state index in [1.807, 2.05) is 13.8 Å². The lowest BCUT2D eigenvalue weighted by Gasteiger charge is -2.08. The lowest BCUT2D eigenvalue weighted by atomic mass is 9.98. The molecule has 1 aromatic carbocycles. The van der Waals surface area contributed by atoms with Crippen molar-refractivity contribution in [2.75, 3.05) is 11.5 Å². The zero-order valence-corrected chi connectivity index (χ0v) is 10.4. The summed E-state index contributed by atoms with van der Waals surface area (Å²) in [6, 6.07) is 6.97. The fourth-order valence-electron chi connectivity index (χ4n) is 1.84. The maximum atomic E-state index is 12.4. The van der Waals surface area contributed by atoms with Crippen LogP contribution in [0.2, 0.25) is 0 Å². The Morgan fingerprint density at radius 3 is 2.44 bits per heavy atom. The summed E-state index contributed by atoms with van der Waals surface area (Å²) in [5.41, 5.74) is 14.9. The van der Waals surface area contributed by atoms with E-state index in [2.05, 4.69) is 4.98 Å². The minimum Gasteiger partial charge on any atom is -0.399 e. The first kappa shape index (κ1) is 12.1. The maximum absolute atomic E-state index is 12.4. The fraction of sp³-hybridized carbons (Fsp3) is 0.143. The molecule has 0 aliphatic rings. The molecular formula is C14H15N3O. The Bertz CT molecular complexity index is 600. The Hall–Kier alpha value is -2.36. The van der Waals surface area contributed by atoms with Crippen LogP contribution in [0.5, 0.6) is 0 Å². The van der Waals surface area contributed by atoms with E-state index in [0.717, 1.165) is 11.1 Å². The Balaban J connectivity index is 2.51. The summed E-state index contributed by atoms with van der Waals surface area (Å²) in [6.45, 7) is 3.71. The highest BCUT2D eigenvalue weighted by Gasteiger charge is 2.16. The van der Waals surface area contributed by atoms with E-state index in [1.54, 1.807) is 30.5 Å². The molecule has 0 saturated carbocycles. The van der Waals surface area contributed by atoms with Crippen molar-refractivity contribution >= 4 is 17.3 Å². The van der Waals surface area contributed by atoms with Crippen molar-refractivity contribution in [1.29, 1.82) is 0 Å². The Morgan fingerprint density at radius 1 is 1.11 bits per heavy atom. The van der Waals surface area contributed by atoms with Gasteiger partial charge in [0.25, 0.3) is 0 Å². The fourth-order valence-corrected chi connectivity index (χ4v) is 1.84. The number of carbonyl (C=O) groups excluding carboxylic acids is 1. The van der Waals surface area contributed by atoms with E-state index in [9.17, 15) is 4.79 Å². The van der Waals surface area contributed by atoms with Gasteiger partial charge in [-0.2, -0.15) is 0 Å². The largest absolute Gasteiger partial charge is 0.399 e. The van der Waals surface area contributed by atoms with Crippen molar-refractivity contribution in [3.8, 4) is 0 Å². The first-order chi connectivity index (χ1) is 8.50. The number of hydrogen-bond donors (Lipinski definition) is 2. The van der Waals surface area contributed by atoms with Gasteiger partial charge >= 0.3 is 0 Å². The minimum atomic E-state index is -0.124. The second-order valence-electron chi connectivity index (χ2n) is 4.29. The first-order valence-corrected chi connectivity index (χ1v) is 5.62. The number of pyridine rings is 1. The number of carbonyl (C=O) groups is 1. The average molecular weight is 241 g/mol. The third-order valence-electron chi connectivity index (χ3n) is 2.95. The predicted octanol–water partition coefficient (Wildman–Crippen LogP) is 2.09. The molecule has 0 aliphatic heterocycles. The van der Waals surface area contributed by atoms with Gasteiger partial charge in [-0.3, -0.25) is 4.79 Å². The summed E-state index contributed by atoms with van der Waals surface area (Å²) in [4.78, 5) is 16.3. The Kier molecular flexibility index (Phi) is 3.02. The van der Waals surface area contributed by atoms with Crippen LogP contribution in [0.15, 0.2) is 30.5 Å². The van der Waals surface area contributed by atoms with Crippen LogP contribution in [0.1, 0.15) is 27.0 Å². The lowest BCUT2D eigenvalue weighted by Crippen LogP contribution is -2.09. The van der Waals surface area contributed by atoms with Gasteiger partial charge in [0.15, 0.2) is 5.78 Å². The summed E-state index contributed by atoms with van der Waals surface area (Å²) in [7, 11) is 0. The lowest BCUT2D eigenvalue weighted by molar-refractivity contribution is 0.103. The molecular weight excluding hydrogens is 226 g/mol. The van der Waals surface area contributed by atoms with E-state index < -0.39 is 0 Å². The second-order valence-corrected chi connectivity index (χ2v) is 4.29. The molecule has 18 heavy (non-hydrogen) atoms. The molecule has 0 aliphatic carbocycles. The van der Waals surface area contributed by atoms with E-state index in [0.29, 0.717) is 16.8 Å². The molecule has 2 rings (SSSR count). The van der Waals surface area contributed by atoms with Crippen LogP contribution in [0, 0.1) is 13.8 Å². The highest BCUT2D eigenvalue weighted by Crippen LogP contribution is 2.20. The van der Waals surface area contributed by atoms with Gasteiger partial charge in [0, 0.05) is 17.4 Å². The van der Waals surface area contributed by atoms with Crippen molar-refractivity contribution in [2.24, 2.45) is 0 Å². The molecule has 92 valence electrons. The van der Waals surface area contributed by atoms with Crippen LogP contribution in [-0.4, -0.2) is 10.8 Å². The van der Waals surface area contributed by atoms with Crippen LogP contribution < -0.4 is 11.5 Å². The Morgan fingerprint density at radius 2 is 1.83 bits per heavy atom. The topological polar surface area (TPSA) is 82.0 Å². The number of nitrogens with zero attached hydrogens (tertiary/aromatic N) is 1. The summed E-state index contributed by atoms with van der Waals surface area (Å²) >= 11 is 0. The maximum Gasteiger partial charge on any atom is 0.197 e. The van der Waals surface area contributed by atoms with Gasteiger partial charge < -0.3 is 11.5 Å². The van der Waals surface area contributed by atoms with Crippen LogP contribution in [-0.2, 0) is 0 Å². The smallest absolute Gasteiger partial charge is 0.197 e. The number of aryl methyl sites for hydroxylation is 2. The van der Waals surface area contributed by atoms with Gasteiger partial charge in [-0.25, -0.2) is 4.98 Å². The predicted molar refractivity (Wildman–Crippen MR) is 72.4 cm³/mol. The molecule has 2 aromatic rings. The number of nitrogens with two attached hydrogens (primary N) is 2. The third-order valence-corrected chi connectivity index (χ3v) is 2.95. The summed E-state index contributed by atoms with van der Waals surface area (Å²) in [5, 5.41) is 0. The molecule has 0 spiro atoms.